The van der Waals surface area contributed by atoms with Crippen molar-refractivity contribution in [1.82, 2.24) is 10.6 Å². The minimum atomic E-state index is -0.296. The summed E-state index contributed by atoms with van der Waals surface area (Å²) in [6, 6.07) is 8.71. The van der Waals surface area contributed by atoms with E-state index in [0.29, 0.717) is 12.1 Å². The first kappa shape index (κ1) is 16.5. The molecule has 0 radical (unpaired) electrons. The Kier molecular flexibility index (Phi) is 5.95. The Morgan fingerprint density at radius 1 is 1.27 bits per heavy atom. The van der Waals surface area contributed by atoms with Gasteiger partial charge in [-0.1, -0.05) is 24.6 Å². The number of hydrogen-bond acceptors (Lipinski definition) is 3. The highest BCUT2D eigenvalue weighted by Crippen LogP contribution is 2.24. The molecule has 2 rings (SSSR count). The van der Waals surface area contributed by atoms with Gasteiger partial charge in [0.1, 0.15) is 0 Å². The lowest BCUT2D eigenvalue weighted by Crippen LogP contribution is -2.39. The smallest absolute Gasteiger partial charge is 0.251 e. The minimum absolute atomic E-state index is 0.0973. The highest BCUT2D eigenvalue weighted by atomic mass is 16.3. The van der Waals surface area contributed by atoms with Crippen molar-refractivity contribution in [3.8, 4) is 0 Å². The Balaban J connectivity index is 1.71. The molecule has 2 amide bonds. The molecule has 120 valence electrons. The highest BCUT2D eigenvalue weighted by Gasteiger charge is 2.25. The molecule has 3 atom stereocenters. The average Bonchev–Trinajstić information content (AvgIpc) is 2.91. The molecule has 1 aliphatic rings. The number of hydrogen-bond donors (Lipinski definition) is 3. The van der Waals surface area contributed by atoms with Crippen molar-refractivity contribution in [3.63, 3.8) is 0 Å². The predicted octanol–water partition coefficient (Wildman–Crippen LogP) is 1.47. The molecule has 0 spiro atoms. The van der Waals surface area contributed by atoms with Gasteiger partial charge < -0.3 is 15.7 Å². The topological polar surface area (TPSA) is 78.4 Å². The number of aliphatic hydroxyl groups is 1. The van der Waals surface area contributed by atoms with Crippen LogP contribution < -0.4 is 10.6 Å². The second-order valence-corrected chi connectivity index (χ2v) is 6.01. The molecule has 5 heteroatoms. The van der Waals surface area contributed by atoms with E-state index in [1.165, 1.54) is 0 Å². The number of carbonyl (C=O) groups excluding carboxylic acids is 2. The lowest BCUT2D eigenvalue weighted by atomic mass is 10.1. The third-order valence-electron chi connectivity index (χ3n) is 4.09. The Morgan fingerprint density at radius 3 is 2.64 bits per heavy atom. The Morgan fingerprint density at radius 2 is 2.00 bits per heavy atom. The van der Waals surface area contributed by atoms with E-state index in [1.54, 1.807) is 24.3 Å². The largest absolute Gasteiger partial charge is 0.393 e. The third-order valence-corrected chi connectivity index (χ3v) is 4.09. The van der Waals surface area contributed by atoms with Crippen LogP contribution in [0.15, 0.2) is 30.3 Å². The van der Waals surface area contributed by atoms with E-state index in [9.17, 15) is 14.7 Å². The number of amides is 2. The van der Waals surface area contributed by atoms with Crippen LogP contribution in [0.3, 0.4) is 0 Å². The SMILES string of the molecule is C[C@H](CC(=O)NC[C@@H]1CCC[C@H]1O)NC(=O)c1ccccc1. The van der Waals surface area contributed by atoms with Gasteiger partial charge in [-0.25, -0.2) is 0 Å². The van der Waals surface area contributed by atoms with Crippen LogP contribution in [-0.2, 0) is 4.79 Å². The van der Waals surface area contributed by atoms with Crippen LogP contribution >= 0.6 is 0 Å². The molecule has 1 aliphatic carbocycles. The molecular formula is C17H24N2O3. The van der Waals surface area contributed by atoms with Crippen molar-refractivity contribution in [2.24, 2.45) is 5.92 Å². The molecule has 1 saturated carbocycles. The van der Waals surface area contributed by atoms with Gasteiger partial charge in [0.15, 0.2) is 0 Å². The maximum atomic E-state index is 12.0. The maximum Gasteiger partial charge on any atom is 0.251 e. The summed E-state index contributed by atoms with van der Waals surface area (Å²) in [6.45, 7) is 2.32. The van der Waals surface area contributed by atoms with E-state index in [1.807, 2.05) is 13.0 Å². The number of carbonyl (C=O) groups is 2. The fraction of sp³-hybridized carbons (Fsp3) is 0.529. The van der Waals surface area contributed by atoms with Gasteiger partial charge in [0.05, 0.1) is 6.10 Å². The maximum absolute atomic E-state index is 12.0. The molecule has 3 N–H and O–H groups in total. The van der Waals surface area contributed by atoms with Crippen molar-refractivity contribution in [3.05, 3.63) is 35.9 Å². The van der Waals surface area contributed by atoms with Crippen LogP contribution in [0.25, 0.3) is 0 Å². The molecule has 0 aliphatic heterocycles. The van der Waals surface area contributed by atoms with Crippen LogP contribution in [0.4, 0.5) is 0 Å². The standard InChI is InChI=1S/C17H24N2O3/c1-12(19-17(22)13-6-3-2-4-7-13)10-16(21)18-11-14-8-5-9-15(14)20/h2-4,6-7,12,14-15,20H,5,8-11H2,1H3,(H,18,21)(H,19,22)/t12-,14+,15-/m1/s1. The Labute approximate surface area is 131 Å². The second kappa shape index (κ2) is 7.94. The number of rotatable bonds is 6. The summed E-state index contributed by atoms with van der Waals surface area (Å²) in [5.41, 5.74) is 0.587. The van der Waals surface area contributed by atoms with Gasteiger partial charge in [0.2, 0.25) is 5.91 Å². The van der Waals surface area contributed by atoms with E-state index >= 15 is 0 Å². The number of aliphatic hydroxyl groups excluding tert-OH is 1. The fourth-order valence-electron chi connectivity index (χ4n) is 2.80. The number of nitrogens with one attached hydrogen (secondary N) is 2. The van der Waals surface area contributed by atoms with Crippen LogP contribution in [0.2, 0.25) is 0 Å². The van der Waals surface area contributed by atoms with E-state index in [4.69, 9.17) is 0 Å². The van der Waals surface area contributed by atoms with Crippen molar-refractivity contribution in [2.45, 2.75) is 44.8 Å². The van der Waals surface area contributed by atoms with Crippen molar-refractivity contribution in [1.29, 1.82) is 0 Å². The lowest BCUT2D eigenvalue weighted by Gasteiger charge is -2.17. The normalized spacial score (nSPS) is 22.1. The molecule has 5 nitrogen and oxygen atoms in total. The van der Waals surface area contributed by atoms with Gasteiger partial charge >= 0.3 is 0 Å². The molecule has 0 unspecified atom stereocenters. The van der Waals surface area contributed by atoms with Crippen LogP contribution in [0.5, 0.6) is 0 Å². The highest BCUT2D eigenvalue weighted by molar-refractivity contribution is 5.94. The van der Waals surface area contributed by atoms with Crippen LogP contribution in [0, 0.1) is 5.92 Å². The zero-order chi connectivity index (χ0) is 15.9. The predicted molar refractivity (Wildman–Crippen MR) is 84.3 cm³/mol. The van der Waals surface area contributed by atoms with Crippen molar-refractivity contribution >= 4 is 11.8 Å². The second-order valence-electron chi connectivity index (χ2n) is 6.01. The quantitative estimate of drug-likeness (QED) is 0.745. The summed E-state index contributed by atoms with van der Waals surface area (Å²) < 4.78 is 0. The van der Waals surface area contributed by atoms with Gasteiger partial charge in [-0.05, 0) is 31.9 Å². The monoisotopic (exact) mass is 304 g/mol. The van der Waals surface area contributed by atoms with Crippen molar-refractivity contribution in [2.75, 3.05) is 6.54 Å². The average molecular weight is 304 g/mol. The Bertz CT molecular complexity index is 504. The first-order chi connectivity index (χ1) is 10.6. The summed E-state index contributed by atoms with van der Waals surface area (Å²) >= 11 is 0. The molecule has 1 aromatic carbocycles. The minimum Gasteiger partial charge on any atom is -0.393 e. The van der Waals surface area contributed by atoms with Gasteiger partial charge in [-0.15, -0.1) is 0 Å². The van der Waals surface area contributed by atoms with Gasteiger partial charge in [0, 0.05) is 30.5 Å². The van der Waals surface area contributed by atoms with E-state index in [0.717, 1.165) is 19.3 Å². The zero-order valence-corrected chi connectivity index (χ0v) is 12.9. The first-order valence-corrected chi connectivity index (χ1v) is 7.87. The molecule has 0 saturated heterocycles. The summed E-state index contributed by atoms with van der Waals surface area (Å²) in [7, 11) is 0. The summed E-state index contributed by atoms with van der Waals surface area (Å²) in [5, 5.41) is 15.4. The summed E-state index contributed by atoms with van der Waals surface area (Å²) in [4.78, 5) is 23.9. The lowest BCUT2D eigenvalue weighted by molar-refractivity contribution is -0.121. The molecule has 0 aromatic heterocycles. The summed E-state index contributed by atoms with van der Waals surface area (Å²) in [6.07, 6.45) is 2.74. The molecular weight excluding hydrogens is 280 g/mol. The molecule has 1 aromatic rings. The molecule has 22 heavy (non-hydrogen) atoms. The Hall–Kier alpha value is -1.88. The molecule has 0 bridgehead atoms. The van der Waals surface area contributed by atoms with Crippen molar-refractivity contribution < 1.29 is 14.7 Å². The summed E-state index contributed by atoms with van der Waals surface area (Å²) in [5.74, 6) is -0.106. The van der Waals surface area contributed by atoms with E-state index in [-0.39, 0.29) is 36.3 Å². The van der Waals surface area contributed by atoms with E-state index < -0.39 is 0 Å². The third kappa shape index (κ3) is 4.84. The first-order valence-electron chi connectivity index (χ1n) is 7.87. The van der Waals surface area contributed by atoms with E-state index in [2.05, 4.69) is 10.6 Å². The van der Waals surface area contributed by atoms with Crippen LogP contribution in [-0.4, -0.2) is 35.6 Å². The molecule has 0 heterocycles. The van der Waals surface area contributed by atoms with Gasteiger partial charge in [-0.3, -0.25) is 9.59 Å². The molecule has 1 fully saturated rings. The van der Waals surface area contributed by atoms with Crippen LogP contribution in [0.1, 0.15) is 43.0 Å². The fourth-order valence-corrected chi connectivity index (χ4v) is 2.80. The zero-order valence-electron chi connectivity index (χ0n) is 12.9. The number of benzene rings is 1. The van der Waals surface area contributed by atoms with Gasteiger partial charge in [0.25, 0.3) is 5.91 Å². The van der Waals surface area contributed by atoms with Gasteiger partial charge in [-0.2, -0.15) is 0 Å².